The van der Waals surface area contributed by atoms with Crippen molar-refractivity contribution in [2.45, 2.75) is 19.4 Å². The summed E-state index contributed by atoms with van der Waals surface area (Å²) in [5.74, 6) is -0.975. The summed E-state index contributed by atoms with van der Waals surface area (Å²) in [5, 5.41) is 0.125. The number of nitrogens with zero attached hydrogens (tertiary/aromatic N) is 2. The van der Waals surface area contributed by atoms with Crippen LogP contribution in [0.3, 0.4) is 0 Å². The van der Waals surface area contributed by atoms with Crippen LogP contribution in [-0.4, -0.2) is 28.8 Å². The Kier molecular flexibility index (Phi) is 5.07. The molecule has 5 heteroatoms. The Hall–Kier alpha value is -2.04. The minimum Gasteiger partial charge on any atom is -0.289 e. The Balaban J connectivity index is 2.03. The van der Waals surface area contributed by atoms with E-state index in [0.717, 1.165) is 19.5 Å². The van der Waals surface area contributed by atoms with Crippen molar-refractivity contribution in [1.29, 1.82) is 0 Å². The highest BCUT2D eigenvalue weighted by molar-refractivity contribution is 6.35. The summed E-state index contributed by atoms with van der Waals surface area (Å²) in [5.41, 5.74) is 0.761. The molecule has 0 saturated carbocycles. The first kappa shape index (κ1) is 16.8. The highest BCUT2D eigenvalue weighted by Gasteiger charge is 2.27. The molecule has 0 unspecified atom stereocenters. The van der Waals surface area contributed by atoms with Gasteiger partial charge in [0.05, 0.1) is 10.6 Å². The highest BCUT2D eigenvalue weighted by atomic mass is 35.5. The van der Waals surface area contributed by atoms with Crippen molar-refractivity contribution in [3.63, 3.8) is 0 Å². The molecule has 3 rings (SSSR count). The van der Waals surface area contributed by atoms with Gasteiger partial charge >= 0.3 is 0 Å². The van der Waals surface area contributed by atoms with Crippen LogP contribution in [0.2, 0.25) is 5.02 Å². The van der Waals surface area contributed by atoms with Crippen molar-refractivity contribution in [2.75, 3.05) is 13.1 Å². The fourth-order valence-electron chi connectivity index (χ4n) is 3.10. The van der Waals surface area contributed by atoms with E-state index in [9.17, 15) is 4.79 Å². The topological polar surface area (TPSA) is 33.2 Å². The zero-order chi connectivity index (χ0) is 17.1. The number of pyridine rings is 1. The van der Waals surface area contributed by atoms with Gasteiger partial charge in [0.15, 0.2) is 5.78 Å². The summed E-state index contributed by atoms with van der Waals surface area (Å²) < 4.78 is 15.2. The van der Waals surface area contributed by atoms with Crippen molar-refractivity contribution in [1.82, 2.24) is 9.88 Å². The highest BCUT2D eigenvalue weighted by Crippen LogP contribution is 2.33. The minimum atomic E-state index is -0.532. The Morgan fingerprint density at radius 3 is 2.71 bits per heavy atom. The summed E-state index contributed by atoms with van der Waals surface area (Å²) in [6.07, 6.45) is 7.88. The van der Waals surface area contributed by atoms with Gasteiger partial charge in [0.2, 0.25) is 0 Å². The van der Waals surface area contributed by atoms with Gasteiger partial charge in [-0.1, -0.05) is 36.7 Å². The zero-order valence-corrected chi connectivity index (χ0v) is 14.1. The van der Waals surface area contributed by atoms with Gasteiger partial charge in [-0.3, -0.25) is 14.7 Å². The largest absolute Gasteiger partial charge is 0.289 e. The molecule has 3 nitrogen and oxygen atoms in total. The minimum absolute atomic E-state index is 0.0761. The molecule has 0 saturated heterocycles. The van der Waals surface area contributed by atoms with E-state index in [-0.39, 0.29) is 16.6 Å². The lowest BCUT2D eigenvalue weighted by molar-refractivity contribution is 0.103. The number of benzene rings is 1. The molecule has 0 radical (unpaired) electrons. The number of hydrogen-bond donors (Lipinski definition) is 0. The first-order valence-corrected chi connectivity index (χ1v) is 8.33. The van der Waals surface area contributed by atoms with E-state index in [2.05, 4.69) is 22.0 Å². The molecule has 2 aromatic rings. The van der Waals surface area contributed by atoms with Gasteiger partial charge in [0.1, 0.15) is 5.82 Å². The number of carbonyl (C=O) groups is 1. The van der Waals surface area contributed by atoms with Gasteiger partial charge < -0.3 is 0 Å². The van der Waals surface area contributed by atoms with Gasteiger partial charge in [-0.15, -0.1) is 0 Å². The molecule has 1 atom stereocenters. The third kappa shape index (κ3) is 3.12. The maximum Gasteiger partial charge on any atom is 0.199 e. The Morgan fingerprint density at radius 1 is 1.33 bits per heavy atom. The van der Waals surface area contributed by atoms with Crippen LogP contribution in [0.1, 0.15) is 40.9 Å². The molecule has 124 valence electrons. The second-order valence-corrected chi connectivity index (χ2v) is 6.15. The smallest absolute Gasteiger partial charge is 0.199 e. The number of rotatable bonds is 5. The molecule has 24 heavy (non-hydrogen) atoms. The van der Waals surface area contributed by atoms with Crippen molar-refractivity contribution in [3.05, 3.63) is 76.3 Å². The van der Waals surface area contributed by atoms with Gasteiger partial charge in [0, 0.05) is 42.7 Å². The monoisotopic (exact) mass is 344 g/mol. The summed E-state index contributed by atoms with van der Waals surface area (Å²) in [4.78, 5) is 18.8. The van der Waals surface area contributed by atoms with Crippen LogP contribution < -0.4 is 0 Å². The molecular formula is C19H18ClFN2O. The molecule has 2 heterocycles. The van der Waals surface area contributed by atoms with Crippen molar-refractivity contribution in [3.8, 4) is 0 Å². The van der Waals surface area contributed by atoms with E-state index in [1.165, 1.54) is 6.20 Å². The van der Waals surface area contributed by atoms with E-state index in [4.69, 9.17) is 11.6 Å². The third-order valence-electron chi connectivity index (χ3n) is 4.30. The maximum absolute atomic E-state index is 15.2. The molecule has 0 amide bonds. The number of aromatic nitrogens is 1. The first-order valence-electron chi connectivity index (χ1n) is 7.95. The lowest BCUT2D eigenvalue weighted by Gasteiger charge is -2.27. The van der Waals surface area contributed by atoms with Crippen LogP contribution in [0.5, 0.6) is 0 Å². The van der Waals surface area contributed by atoms with Gasteiger partial charge in [-0.25, -0.2) is 4.39 Å². The summed E-state index contributed by atoms with van der Waals surface area (Å²) in [6.45, 7) is 3.58. The Bertz CT molecular complexity index is 768. The summed E-state index contributed by atoms with van der Waals surface area (Å²) in [7, 11) is 0. The second-order valence-electron chi connectivity index (χ2n) is 5.75. The number of hydrogen-bond acceptors (Lipinski definition) is 3. The Morgan fingerprint density at radius 2 is 2.08 bits per heavy atom. The molecule has 0 aliphatic carbocycles. The average Bonchev–Trinajstić information content (AvgIpc) is 3.12. The molecular weight excluding hydrogens is 327 g/mol. The van der Waals surface area contributed by atoms with Crippen LogP contribution in [-0.2, 0) is 0 Å². The molecule has 0 N–H and O–H groups in total. The molecule has 1 aromatic carbocycles. The third-order valence-corrected chi connectivity index (χ3v) is 4.62. The molecule has 1 aliphatic heterocycles. The molecule has 1 aromatic heterocycles. The number of halogens is 2. The Labute approximate surface area is 145 Å². The predicted molar refractivity (Wildman–Crippen MR) is 92.8 cm³/mol. The van der Waals surface area contributed by atoms with Crippen LogP contribution in [0.4, 0.5) is 4.39 Å². The van der Waals surface area contributed by atoms with Crippen LogP contribution >= 0.6 is 11.6 Å². The van der Waals surface area contributed by atoms with E-state index < -0.39 is 11.6 Å². The fourth-order valence-corrected chi connectivity index (χ4v) is 3.33. The van der Waals surface area contributed by atoms with E-state index in [1.807, 2.05) is 6.92 Å². The summed E-state index contributed by atoms with van der Waals surface area (Å²) in [6, 6.07) is 6.46. The lowest BCUT2D eigenvalue weighted by Crippen LogP contribution is -2.27. The molecule has 1 aliphatic rings. The maximum atomic E-state index is 15.2. The van der Waals surface area contributed by atoms with Crippen molar-refractivity contribution >= 4 is 17.4 Å². The lowest BCUT2D eigenvalue weighted by atomic mass is 9.96. The van der Waals surface area contributed by atoms with Crippen molar-refractivity contribution < 1.29 is 9.18 Å². The number of ketones is 1. The normalized spacial score (nSPS) is 15.6. The SMILES string of the molecule is CC[C@@H](c1ccc(Cl)c(C(=O)c2cccnc2)c1F)N1CC=CC1. The van der Waals surface area contributed by atoms with Crippen LogP contribution in [0.15, 0.2) is 48.8 Å². The molecule has 0 spiro atoms. The van der Waals surface area contributed by atoms with Crippen LogP contribution in [0.25, 0.3) is 0 Å². The van der Waals surface area contributed by atoms with Gasteiger partial charge in [-0.05, 0) is 24.6 Å². The second kappa shape index (κ2) is 7.24. The van der Waals surface area contributed by atoms with E-state index in [1.54, 1.807) is 30.5 Å². The van der Waals surface area contributed by atoms with Crippen molar-refractivity contribution in [2.24, 2.45) is 0 Å². The van der Waals surface area contributed by atoms with Crippen LogP contribution in [0, 0.1) is 5.82 Å². The predicted octanol–water partition coefficient (Wildman–Crippen LogP) is 4.43. The van der Waals surface area contributed by atoms with Gasteiger partial charge in [0.25, 0.3) is 0 Å². The average molecular weight is 345 g/mol. The standard InChI is InChI=1S/C19H18ClFN2O/c1-2-16(23-10-3-4-11-23)14-7-8-15(20)17(18(14)21)19(24)13-6-5-9-22-12-13/h3-9,12,16H,2,10-11H2,1H3/t16-/m0/s1. The van der Waals surface area contributed by atoms with E-state index >= 15 is 4.39 Å². The molecule has 0 fully saturated rings. The zero-order valence-electron chi connectivity index (χ0n) is 13.4. The molecule has 0 bridgehead atoms. The quantitative estimate of drug-likeness (QED) is 0.594. The first-order chi connectivity index (χ1) is 11.6. The fraction of sp³-hybridized carbons (Fsp3) is 0.263. The summed E-state index contributed by atoms with van der Waals surface area (Å²) >= 11 is 6.15. The van der Waals surface area contributed by atoms with E-state index in [0.29, 0.717) is 11.1 Å². The number of carbonyl (C=O) groups excluding carboxylic acids is 1. The van der Waals surface area contributed by atoms with Gasteiger partial charge in [-0.2, -0.15) is 0 Å².